The number of halogens is 2. The quantitative estimate of drug-likeness (QED) is 0.696. The second kappa shape index (κ2) is 5.82. The van der Waals surface area contributed by atoms with Gasteiger partial charge in [0.05, 0.1) is 0 Å². The SMILES string of the molecule is CCc1nnc(SCc2ccc(Cl)cc2Cl)n1N. The Hall–Kier alpha value is -0.910. The van der Waals surface area contributed by atoms with Gasteiger partial charge in [-0.3, -0.25) is 0 Å². The molecular weight excluding hydrogens is 291 g/mol. The van der Waals surface area contributed by atoms with Gasteiger partial charge in [-0.15, -0.1) is 10.2 Å². The summed E-state index contributed by atoms with van der Waals surface area (Å²) in [5, 5.41) is 9.98. The highest BCUT2D eigenvalue weighted by atomic mass is 35.5. The van der Waals surface area contributed by atoms with Crippen molar-refractivity contribution < 1.29 is 0 Å². The summed E-state index contributed by atoms with van der Waals surface area (Å²) in [5.74, 6) is 7.30. The first-order valence-electron chi connectivity index (χ1n) is 5.38. The molecule has 0 aliphatic heterocycles. The van der Waals surface area contributed by atoms with Crippen molar-refractivity contribution in [1.82, 2.24) is 14.9 Å². The van der Waals surface area contributed by atoms with Crippen molar-refractivity contribution in [2.24, 2.45) is 0 Å². The summed E-state index contributed by atoms with van der Waals surface area (Å²) in [6, 6.07) is 5.44. The monoisotopic (exact) mass is 302 g/mol. The van der Waals surface area contributed by atoms with Gasteiger partial charge in [0.15, 0.2) is 5.82 Å². The minimum atomic E-state index is 0.629. The zero-order chi connectivity index (χ0) is 13.1. The highest BCUT2D eigenvalue weighted by molar-refractivity contribution is 7.98. The number of aromatic nitrogens is 3. The van der Waals surface area contributed by atoms with Gasteiger partial charge in [-0.05, 0) is 17.7 Å². The topological polar surface area (TPSA) is 56.7 Å². The van der Waals surface area contributed by atoms with E-state index < -0.39 is 0 Å². The normalized spacial score (nSPS) is 10.8. The Morgan fingerprint density at radius 2 is 2.11 bits per heavy atom. The highest BCUT2D eigenvalue weighted by Gasteiger charge is 2.09. The van der Waals surface area contributed by atoms with Gasteiger partial charge >= 0.3 is 0 Å². The van der Waals surface area contributed by atoms with Crippen LogP contribution in [-0.4, -0.2) is 14.9 Å². The summed E-state index contributed by atoms with van der Waals surface area (Å²) in [5.41, 5.74) is 0.993. The number of hydrogen-bond donors (Lipinski definition) is 1. The van der Waals surface area contributed by atoms with Crippen LogP contribution < -0.4 is 5.84 Å². The molecule has 0 saturated heterocycles. The number of nitrogen functional groups attached to an aromatic ring is 1. The van der Waals surface area contributed by atoms with Crippen LogP contribution in [0.3, 0.4) is 0 Å². The maximum atomic E-state index is 6.10. The molecule has 0 saturated carbocycles. The largest absolute Gasteiger partial charge is 0.336 e. The highest BCUT2D eigenvalue weighted by Crippen LogP contribution is 2.27. The fourth-order valence-electron chi connectivity index (χ4n) is 1.43. The van der Waals surface area contributed by atoms with Crippen molar-refractivity contribution in [2.75, 3.05) is 5.84 Å². The van der Waals surface area contributed by atoms with Gasteiger partial charge in [-0.25, -0.2) is 4.68 Å². The molecule has 1 aromatic heterocycles. The van der Waals surface area contributed by atoms with Crippen LogP contribution in [0.5, 0.6) is 0 Å². The van der Waals surface area contributed by atoms with Crippen molar-refractivity contribution in [3.63, 3.8) is 0 Å². The Balaban J connectivity index is 2.09. The van der Waals surface area contributed by atoms with Crippen LogP contribution in [0, 0.1) is 0 Å². The summed E-state index contributed by atoms with van der Waals surface area (Å²) in [7, 11) is 0. The molecule has 18 heavy (non-hydrogen) atoms. The van der Waals surface area contributed by atoms with Crippen LogP contribution in [0.2, 0.25) is 10.0 Å². The van der Waals surface area contributed by atoms with Crippen LogP contribution in [0.25, 0.3) is 0 Å². The van der Waals surface area contributed by atoms with Crippen molar-refractivity contribution in [3.8, 4) is 0 Å². The van der Waals surface area contributed by atoms with E-state index in [9.17, 15) is 0 Å². The number of benzene rings is 1. The molecule has 0 atom stereocenters. The predicted molar refractivity (Wildman–Crippen MR) is 75.6 cm³/mol. The van der Waals surface area contributed by atoms with Gasteiger partial charge in [0.25, 0.3) is 0 Å². The average Bonchev–Trinajstić information content (AvgIpc) is 2.69. The lowest BCUT2D eigenvalue weighted by atomic mass is 10.2. The number of rotatable bonds is 4. The smallest absolute Gasteiger partial charge is 0.210 e. The summed E-state index contributed by atoms with van der Waals surface area (Å²) < 4.78 is 1.51. The van der Waals surface area contributed by atoms with Gasteiger partial charge < -0.3 is 5.84 Å². The Morgan fingerprint density at radius 3 is 2.72 bits per heavy atom. The van der Waals surface area contributed by atoms with Gasteiger partial charge in [0.1, 0.15) is 0 Å². The zero-order valence-electron chi connectivity index (χ0n) is 9.73. The van der Waals surface area contributed by atoms with Gasteiger partial charge in [0, 0.05) is 22.2 Å². The van der Waals surface area contributed by atoms with E-state index in [1.807, 2.05) is 19.1 Å². The van der Waals surface area contributed by atoms with E-state index in [4.69, 9.17) is 29.0 Å². The van der Waals surface area contributed by atoms with E-state index in [0.717, 1.165) is 17.8 Å². The molecule has 96 valence electrons. The average molecular weight is 303 g/mol. The molecule has 0 aliphatic rings. The summed E-state index contributed by atoms with van der Waals surface area (Å²) >= 11 is 13.4. The van der Waals surface area contributed by atoms with E-state index in [0.29, 0.717) is 21.0 Å². The van der Waals surface area contributed by atoms with E-state index in [1.54, 1.807) is 6.07 Å². The molecule has 4 nitrogen and oxygen atoms in total. The predicted octanol–water partition coefficient (Wildman–Crippen LogP) is 3.15. The number of nitrogens with two attached hydrogens (primary N) is 1. The fourth-order valence-corrected chi connectivity index (χ4v) is 2.86. The fraction of sp³-hybridized carbons (Fsp3) is 0.273. The minimum Gasteiger partial charge on any atom is -0.336 e. The first-order valence-corrected chi connectivity index (χ1v) is 7.12. The van der Waals surface area contributed by atoms with Gasteiger partial charge in [-0.1, -0.05) is 48.0 Å². The van der Waals surface area contributed by atoms with Gasteiger partial charge in [-0.2, -0.15) is 0 Å². The summed E-state index contributed by atoms with van der Waals surface area (Å²) in [6.45, 7) is 1.98. The third-order valence-electron chi connectivity index (χ3n) is 2.42. The first kappa shape index (κ1) is 13.5. The molecule has 0 aliphatic carbocycles. The van der Waals surface area contributed by atoms with Crippen molar-refractivity contribution in [1.29, 1.82) is 0 Å². The minimum absolute atomic E-state index is 0.629. The van der Waals surface area contributed by atoms with Crippen molar-refractivity contribution >= 4 is 35.0 Å². The molecular formula is C11H12Cl2N4S. The van der Waals surface area contributed by atoms with E-state index in [-0.39, 0.29) is 0 Å². The first-order chi connectivity index (χ1) is 8.61. The molecule has 0 fully saturated rings. The van der Waals surface area contributed by atoms with Crippen LogP contribution in [-0.2, 0) is 12.2 Å². The molecule has 7 heteroatoms. The molecule has 2 aromatic rings. The van der Waals surface area contributed by atoms with Crippen LogP contribution in [0.4, 0.5) is 0 Å². The second-order valence-corrected chi connectivity index (χ2v) is 5.43. The molecule has 2 rings (SSSR count). The summed E-state index contributed by atoms with van der Waals surface area (Å²) in [6.07, 6.45) is 0.756. The Morgan fingerprint density at radius 1 is 1.33 bits per heavy atom. The third kappa shape index (κ3) is 2.91. The third-order valence-corrected chi connectivity index (χ3v) is 4.00. The standard InChI is InChI=1S/C11H12Cl2N4S/c1-2-10-15-16-11(17(10)14)18-6-7-3-4-8(12)5-9(7)13/h3-5H,2,6,14H2,1H3. The lowest BCUT2D eigenvalue weighted by Gasteiger charge is -2.04. The summed E-state index contributed by atoms with van der Waals surface area (Å²) in [4.78, 5) is 0. The molecule has 1 heterocycles. The van der Waals surface area contributed by atoms with E-state index >= 15 is 0 Å². The Kier molecular flexibility index (Phi) is 4.37. The molecule has 0 amide bonds. The van der Waals surface area contributed by atoms with E-state index in [1.165, 1.54) is 16.4 Å². The zero-order valence-corrected chi connectivity index (χ0v) is 12.1. The number of nitrogens with zero attached hydrogens (tertiary/aromatic N) is 3. The van der Waals surface area contributed by atoms with Crippen LogP contribution in [0.15, 0.2) is 23.4 Å². The molecule has 1 aromatic carbocycles. The molecule has 0 spiro atoms. The Labute approximate surface area is 119 Å². The molecule has 0 unspecified atom stereocenters. The Bertz CT molecular complexity index is 556. The molecule has 0 radical (unpaired) electrons. The van der Waals surface area contributed by atoms with Gasteiger partial charge in [0.2, 0.25) is 5.16 Å². The number of aryl methyl sites for hydroxylation is 1. The lowest BCUT2D eigenvalue weighted by Crippen LogP contribution is -2.13. The van der Waals surface area contributed by atoms with Crippen molar-refractivity contribution in [2.45, 2.75) is 24.3 Å². The second-order valence-electron chi connectivity index (χ2n) is 3.65. The maximum absolute atomic E-state index is 6.10. The van der Waals surface area contributed by atoms with Crippen LogP contribution in [0.1, 0.15) is 18.3 Å². The lowest BCUT2D eigenvalue weighted by molar-refractivity contribution is 0.796. The van der Waals surface area contributed by atoms with E-state index in [2.05, 4.69) is 10.2 Å². The van der Waals surface area contributed by atoms with Crippen molar-refractivity contribution in [3.05, 3.63) is 39.6 Å². The number of hydrogen-bond acceptors (Lipinski definition) is 4. The maximum Gasteiger partial charge on any atom is 0.210 e. The molecule has 2 N–H and O–H groups in total. The number of thioether (sulfide) groups is 1. The van der Waals surface area contributed by atoms with Crippen LogP contribution >= 0.6 is 35.0 Å². The molecule has 0 bridgehead atoms.